The van der Waals surface area contributed by atoms with Gasteiger partial charge in [-0.25, -0.2) is 12.8 Å². The highest BCUT2D eigenvalue weighted by atomic mass is 35.5. The molecule has 0 fully saturated rings. The average Bonchev–Trinajstić information content (AvgIpc) is 2.60. The monoisotopic (exact) mass is 400 g/mol. The van der Waals surface area contributed by atoms with E-state index in [1.165, 1.54) is 30.3 Å². The van der Waals surface area contributed by atoms with Crippen molar-refractivity contribution in [1.29, 1.82) is 0 Å². The molecule has 0 spiro atoms. The van der Waals surface area contributed by atoms with Crippen LogP contribution in [0.2, 0.25) is 5.02 Å². The van der Waals surface area contributed by atoms with Gasteiger partial charge in [-0.1, -0.05) is 18.5 Å². The molecule has 0 saturated carbocycles. The van der Waals surface area contributed by atoms with Crippen LogP contribution in [-0.4, -0.2) is 27.5 Å². The van der Waals surface area contributed by atoms with Gasteiger partial charge in [-0.05, 0) is 48.9 Å². The van der Waals surface area contributed by atoms with Crippen LogP contribution < -0.4 is 14.8 Å². The maximum Gasteiger partial charge on any atom is 0.261 e. The second-order valence-electron chi connectivity index (χ2n) is 5.34. The molecule has 0 radical (unpaired) electrons. The zero-order valence-corrected chi connectivity index (χ0v) is 15.5. The topological polar surface area (TPSA) is 84.5 Å². The van der Waals surface area contributed by atoms with E-state index in [-0.39, 0.29) is 33.9 Å². The fourth-order valence-corrected chi connectivity index (χ4v) is 3.34. The van der Waals surface area contributed by atoms with E-state index in [1.807, 2.05) is 6.92 Å². The quantitative estimate of drug-likeness (QED) is 0.712. The summed E-state index contributed by atoms with van der Waals surface area (Å²) in [5.74, 6) is -0.572. The van der Waals surface area contributed by atoms with Gasteiger partial charge in [0.05, 0.1) is 9.92 Å². The Hall–Kier alpha value is -2.32. The van der Waals surface area contributed by atoms with Crippen molar-refractivity contribution in [3.8, 4) is 5.75 Å². The fourth-order valence-electron chi connectivity index (χ4n) is 1.96. The van der Waals surface area contributed by atoms with Crippen molar-refractivity contribution in [2.24, 2.45) is 0 Å². The van der Waals surface area contributed by atoms with Gasteiger partial charge in [0.15, 0.2) is 6.61 Å². The Morgan fingerprint density at radius 3 is 2.50 bits per heavy atom. The van der Waals surface area contributed by atoms with Gasteiger partial charge in [-0.15, -0.1) is 0 Å². The second-order valence-corrected chi connectivity index (χ2v) is 7.43. The Morgan fingerprint density at radius 1 is 1.19 bits per heavy atom. The van der Waals surface area contributed by atoms with Crippen LogP contribution >= 0.6 is 11.6 Å². The van der Waals surface area contributed by atoms with Gasteiger partial charge >= 0.3 is 0 Å². The predicted molar refractivity (Wildman–Crippen MR) is 97.5 cm³/mol. The number of anilines is 1. The van der Waals surface area contributed by atoms with Crippen LogP contribution in [0.5, 0.6) is 5.75 Å². The Morgan fingerprint density at radius 2 is 1.88 bits per heavy atom. The molecule has 2 rings (SSSR count). The normalized spacial score (nSPS) is 11.0. The molecular formula is C17H18ClFN2O4S. The van der Waals surface area contributed by atoms with Gasteiger partial charge in [0.25, 0.3) is 15.9 Å². The van der Waals surface area contributed by atoms with Crippen molar-refractivity contribution in [3.63, 3.8) is 0 Å². The summed E-state index contributed by atoms with van der Waals surface area (Å²) >= 11 is 6.05. The lowest BCUT2D eigenvalue weighted by Gasteiger charge is -2.11. The third kappa shape index (κ3) is 5.60. The van der Waals surface area contributed by atoms with Crippen molar-refractivity contribution in [1.82, 2.24) is 5.32 Å². The van der Waals surface area contributed by atoms with E-state index in [4.69, 9.17) is 16.3 Å². The summed E-state index contributed by atoms with van der Waals surface area (Å²) in [4.78, 5) is 11.4. The lowest BCUT2D eigenvalue weighted by Crippen LogP contribution is -2.29. The number of sulfonamides is 1. The minimum atomic E-state index is -3.90. The van der Waals surface area contributed by atoms with Crippen LogP contribution in [0.25, 0.3) is 0 Å². The largest absolute Gasteiger partial charge is 0.482 e. The lowest BCUT2D eigenvalue weighted by molar-refractivity contribution is -0.123. The van der Waals surface area contributed by atoms with E-state index < -0.39 is 15.8 Å². The summed E-state index contributed by atoms with van der Waals surface area (Å²) in [5.41, 5.74) is 0.218. The Labute approximate surface area is 156 Å². The number of hydrogen-bond acceptors (Lipinski definition) is 4. The van der Waals surface area contributed by atoms with Crippen molar-refractivity contribution < 1.29 is 22.3 Å². The number of carbonyl (C=O) groups excluding carboxylic acids is 1. The summed E-state index contributed by atoms with van der Waals surface area (Å²) in [6, 6.07) is 8.79. The Balaban J connectivity index is 2.07. The molecule has 6 nitrogen and oxygen atoms in total. The Bertz CT molecular complexity index is 873. The van der Waals surface area contributed by atoms with E-state index in [0.29, 0.717) is 6.54 Å². The van der Waals surface area contributed by atoms with E-state index in [2.05, 4.69) is 10.0 Å². The van der Waals surface area contributed by atoms with Crippen molar-refractivity contribution in [3.05, 3.63) is 53.3 Å². The summed E-state index contributed by atoms with van der Waals surface area (Å²) < 4.78 is 45.3. The standard InChI is InChI=1S/C17H18ClFN2O4S/c1-2-9-20-17(22)11-25-16-8-7-14(10-15(16)18)26(23,24)21-13-5-3-12(19)4-6-13/h3-8,10,21H,2,9,11H2,1H3,(H,20,22). The minimum absolute atomic E-state index is 0.0512. The van der Waals surface area contributed by atoms with Gasteiger partial charge < -0.3 is 10.1 Å². The summed E-state index contributed by atoms with van der Waals surface area (Å²) in [7, 11) is -3.90. The SMILES string of the molecule is CCCNC(=O)COc1ccc(S(=O)(=O)Nc2ccc(F)cc2)cc1Cl. The molecule has 0 atom stereocenters. The van der Waals surface area contributed by atoms with Gasteiger partial charge in [-0.3, -0.25) is 9.52 Å². The van der Waals surface area contributed by atoms with Gasteiger partial charge in [0, 0.05) is 12.2 Å². The van der Waals surface area contributed by atoms with E-state index >= 15 is 0 Å². The van der Waals surface area contributed by atoms with Gasteiger partial charge in [0.2, 0.25) is 0 Å². The molecule has 0 unspecified atom stereocenters. The van der Waals surface area contributed by atoms with Crippen LogP contribution in [0.1, 0.15) is 13.3 Å². The molecule has 9 heteroatoms. The van der Waals surface area contributed by atoms with E-state index in [0.717, 1.165) is 18.6 Å². The number of halogens is 2. The molecule has 140 valence electrons. The number of benzene rings is 2. The molecule has 0 saturated heterocycles. The third-order valence-corrected chi connectivity index (χ3v) is 4.92. The molecule has 0 aliphatic heterocycles. The molecule has 26 heavy (non-hydrogen) atoms. The summed E-state index contributed by atoms with van der Waals surface area (Å²) in [6.45, 7) is 2.25. The number of amides is 1. The van der Waals surface area contributed by atoms with Crippen LogP contribution in [-0.2, 0) is 14.8 Å². The van der Waals surface area contributed by atoms with Gasteiger partial charge in [0.1, 0.15) is 11.6 Å². The van der Waals surface area contributed by atoms with E-state index in [9.17, 15) is 17.6 Å². The lowest BCUT2D eigenvalue weighted by atomic mass is 10.3. The number of nitrogens with one attached hydrogen (secondary N) is 2. The fraction of sp³-hybridized carbons (Fsp3) is 0.235. The molecule has 0 aliphatic rings. The highest BCUT2D eigenvalue weighted by Crippen LogP contribution is 2.28. The molecule has 0 aliphatic carbocycles. The van der Waals surface area contributed by atoms with Gasteiger partial charge in [-0.2, -0.15) is 0 Å². The highest BCUT2D eigenvalue weighted by Gasteiger charge is 2.17. The van der Waals surface area contributed by atoms with Crippen LogP contribution in [0.3, 0.4) is 0 Å². The molecule has 2 aromatic rings. The maximum atomic E-state index is 12.9. The van der Waals surface area contributed by atoms with Crippen molar-refractivity contribution in [2.75, 3.05) is 17.9 Å². The zero-order chi connectivity index (χ0) is 19.2. The molecule has 0 aromatic heterocycles. The third-order valence-electron chi connectivity index (χ3n) is 3.24. The first-order valence-electron chi connectivity index (χ1n) is 7.79. The second kappa shape index (κ2) is 8.86. The van der Waals surface area contributed by atoms with Crippen LogP contribution in [0.4, 0.5) is 10.1 Å². The first kappa shape index (κ1) is 20.0. The van der Waals surface area contributed by atoms with Crippen LogP contribution in [0, 0.1) is 5.82 Å². The molecule has 2 aromatic carbocycles. The Kier molecular flexibility index (Phi) is 6.82. The summed E-state index contributed by atoms with van der Waals surface area (Å²) in [5, 5.41) is 2.70. The number of rotatable bonds is 8. The zero-order valence-electron chi connectivity index (χ0n) is 14.0. The van der Waals surface area contributed by atoms with Crippen molar-refractivity contribution >= 4 is 33.2 Å². The predicted octanol–water partition coefficient (Wildman–Crippen LogP) is 3.18. The van der Waals surface area contributed by atoms with Crippen LogP contribution in [0.15, 0.2) is 47.4 Å². The highest BCUT2D eigenvalue weighted by molar-refractivity contribution is 7.92. The maximum absolute atomic E-state index is 12.9. The molecular weight excluding hydrogens is 383 g/mol. The van der Waals surface area contributed by atoms with Crippen molar-refractivity contribution in [2.45, 2.75) is 18.2 Å². The molecule has 1 amide bonds. The first-order valence-corrected chi connectivity index (χ1v) is 9.65. The molecule has 2 N–H and O–H groups in total. The number of carbonyl (C=O) groups is 1. The smallest absolute Gasteiger partial charge is 0.261 e. The number of ether oxygens (including phenoxy) is 1. The molecule has 0 bridgehead atoms. The molecule has 0 heterocycles. The first-order chi connectivity index (χ1) is 12.3. The average molecular weight is 401 g/mol. The minimum Gasteiger partial charge on any atom is -0.482 e. The van der Waals surface area contributed by atoms with E-state index in [1.54, 1.807) is 0 Å². The summed E-state index contributed by atoms with van der Waals surface area (Å²) in [6.07, 6.45) is 0.806. The number of hydrogen-bond donors (Lipinski definition) is 2.